The molecule has 0 amide bonds. The van der Waals surface area contributed by atoms with Gasteiger partial charge in [0.2, 0.25) is 0 Å². The zero-order valence-corrected chi connectivity index (χ0v) is 7.42. The molecule has 0 aromatic rings. The Balaban J connectivity index is 2.03. The maximum atomic E-state index is 3.78. The Bertz CT molecular complexity index is 144. The lowest BCUT2D eigenvalue weighted by molar-refractivity contribution is 0.810. The van der Waals surface area contributed by atoms with Crippen molar-refractivity contribution in [2.75, 3.05) is 0 Å². The summed E-state index contributed by atoms with van der Waals surface area (Å²) in [7, 11) is 0. The fourth-order valence-corrected chi connectivity index (χ4v) is 1.32. The van der Waals surface area contributed by atoms with E-state index < -0.39 is 0 Å². The highest BCUT2D eigenvalue weighted by molar-refractivity contribution is 5.08. The molecule has 0 aromatic heterocycles. The van der Waals surface area contributed by atoms with Gasteiger partial charge in [0.15, 0.2) is 0 Å². The monoisotopic (exact) mass is 150 g/mol. The molecule has 1 fully saturated rings. The average Bonchev–Trinajstić information content (AvgIpc) is 2.77. The van der Waals surface area contributed by atoms with E-state index in [0.29, 0.717) is 0 Å². The van der Waals surface area contributed by atoms with Gasteiger partial charge < -0.3 is 0 Å². The van der Waals surface area contributed by atoms with Gasteiger partial charge in [-0.3, -0.25) is 0 Å². The zero-order valence-electron chi connectivity index (χ0n) is 7.42. The Morgan fingerprint density at radius 3 is 2.82 bits per heavy atom. The van der Waals surface area contributed by atoms with Crippen molar-refractivity contribution in [1.82, 2.24) is 0 Å². The van der Waals surface area contributed by atoms with E-state index in [-0.39, 0.29) is 0 Å². The Hall–Kier alpha value is -0.520. The van der Waals surface area contributed by atoms with Crippen LogP contribution in [-0.2, 0) is 0 Å². The van der Waals surface area contributed by atoms with Crippen LogP contribution < -0.4 is 0 Å². The van der Waals surface area contributed by atoms with Crippen LogP contribution in [0.2, 0.25) is 0 Å². The van der Waals surface area contributed by atoms with E-state index in [1.54, 1.807) is 0 Å². The summed E-state index contributed by atoms with van der Waals surface area (Å²) in [4.78, 5) is 0. The highest BCUT2D eigenvalue weighted by Crippen LogP contribution is 2.40. The molecule has 0 saturated heterocycles. The summed E-state index contributed by atoms with van der Waals surface area (Å²) in [6.07, 6.45) is 12.0. The van der Waals surface area contributed by atoms with Crippen LogP contribution in [0, 0.1) is 11.8 Å². The maximum Gasteiger partial charge on any atom is -0.0165 e. The van der Waals surface area contributed by atoms with Crippen molar-refractivity contribution in [3.63, 3.8) is 0 Å². The summed E-state index contributed by atoms with van der Waals surface area (Å²) in [5.74, 6) is 1.64. The van der Waals surface area contributed by atoms with Crippen molar-refractivity contribution in [2.24, 2.45) is 11.8 Å². The Kier molecular flexibility index (Phi) is 3.41. The highest BCUT2D eigenvalue weighted by atomic mass is 14.3. The van der Waals surface area contributed by atoms with Crippen LogP contribution in [-0.4, -0.2) is 0 Å². The predicted molar refractivity (Wildman–Crippen MR) is 50.5 cm³/mol. The molecular weight excluding hydrogens is 132 g/mol. The molecule has 1 saturated carbocycles. The molecule has 0 heterocycles. The van der Waals surface area contributed by atoms with Gasteiger partial charge in [-0.15, -0.1) is 6.58 Å². The molecule has 1 aliphatic rings. The lowest BCUT2D eigenvalue weighted by Gasteiger charge is -1.87. The molecule has 2 atom stereocenters. The Labute approximate surface area is 70.0 Å². The normalized spacial score (nSPS) is 29.2. The van der Waals surface area contributed by atoms with Gasteiger partial charge >= 0.3 is 0 Å². The summed E-state index contributed by atoms with van der Waals surface area (Å²) in [6, 6.07) is 0. The van der Waals surface area contributed by atoms with E-state index in [2.05, 4.69) is 31.7 Å². The quantitative estimate of drug-likeness (QED) is 0.415. The molecule has 0 nitrogen and oxygen atoms in total. The number of hydrogen-bond acceptors (Lipinski definition) is 0. The first-order chi connectivity index (χ1) is 5.38. The first kappa shape index (κ1) is 8.58. The molecular formula is C11H18. The molecule has 2 unspecified atom stereocenters. The first-order valence-electron chi connectivity index (χ1n) is 4.67. The number of allylic oxidation sites excluding steroid dienone is 3. The molecule has 0 bridgehead atoms. The predicted octanol–water partition coefficient (Wildman–Crippen LogP) is 3.55. The van der Waals surface area contributed by atoms with Crippen LogP contribution in [0.4, 0.5) is 0 Å². The third kappa shape index (κ3) is 2.92. The van der Waals surface area contributed by atoms with E-state index >= 15 is 0 Å². The lowest BCUT2D eigenvalue weighted by atomic mass is 10.2. The first-order valence-corrected chi connectivity index (χ1v) is 4.67. The minimum absolute atomic E-state index is 0.799. The van der Waals surface area contributed by atoms with Crippen LogP contribution in [0.5, 0.6) is 0 Å². The van der Waals surface area contributed by atoms with Crippen LogP contribution in [0.15, 0.2) is 24.8 Å². The second-order valence-corrected chi connectivity index (χ2v) is 3.37. The van der Waals surface area contributed by atoms with Gasteiger partial charge in [0.05, 0.1) is 0 Å². The average molecular weight is 150 g/mol. The maximum absolute atomic E-state index is 3.78. The van der Waals surface area contributed by atoms with Gasteiger partial charge in [0.1, 0.15) is 0 Å². The van der Waals surface area contributed by atoms with Crippen molar-refractivity contribution < 1.29 is 0 Å². The Morgan fingerprint density at radius 2 is 2.27 bits per heavy atom. The van der Waals surface area contributed by atoms with Gasteiger partial charge in [-0.2, -0.15) is 0 Å². The minimum atomic E-state index is 0.799. The topological polar surface area (TPSA) is 0 Å². The molecule has 1 rings (SSSR count). The third-order valence-electron chi connectivity index (χ3n) is 2.30. The summed E-state index contributed by atoms with van der Waals surface area (Å²) in [5, 5.41) is 0. The van der Waals surface area contributed by atoms with E-state index in [9.17, 15) is 0 Å². The number of rotatable bonds is 5. The standard InChI is InChI=1S/C11H18/c1-3-5-6-7-8-11-9-10(11)4-2/h4,7-8,10-11H,2-3,5-6,9H2,1H3/b8-7-. The molecule has 0 radical (unpaired) electrons. The minimum Gasteiger partial charge on any atom is -0.103 e. The van der Waals surface area contributed by atoms with Crippen molar-refractivity contribution in [2.45, 2.75) is 32.6 Å². The number of hydrogen-bond donors (Lipinski definition) is 0. The summed E-state index contributed by atoms with van der Waals surface area (Å²) in [6.45, 7) is 6.02. The molecule has 0 spiro atoms. The lowest BCUT2D eigenvalue weighted by Crippen LogP contribution is -1.71. The molecule has 0 aliphatic heterocycles. The molecule has 0 aromatic carbocycles. The molecule has 0 N–H and O–H groups in total. The van der Waals surface area contributed by atoms with Crippen LogP contribution >= 0.6 is 0 Å². The fraction of sp³-hybridized carbons (Fsp3) is 0.636. The van der Waals surface area contributed by atoms with Gasteiger partial charge in [0.25, 0.3) is 0 Å². The summed E-state index contributed by atoms with van der Waals surface area (Å²) in [5.41, 5.74) is 0. The van der Waals surface area contributed by atoms with Gasteiger partial charge in [0, 0.05) is 0 Å². The van der Waals surface area contributed by atoms with E-state index in [4.69, 9.17) is 0 Å². The van der Waals surface area contributed by atoms with Crippen LogP contribution in [0.1, 0.15) is 32.6 Å². The molecule has 0 heteroatoms. The van der Waals surface area contributed by atoms with E-state index in [0.717, 1.165) is 11.8 Å². The largest absolute Gasteiger partial charge is 0.103 e. The molecule has 62 valence electrons. The smallest absolute Gasteiger partial charge is 0.0165 e. The van der Waals surface area contributed by atoms with Crippen molar-refractivity contribution in [1.29, 1.82) is 0 Å². The fourth-order valence-electron chi connectivity index (χ4n) is 1.32. The third-order valence-corrected chi connectivity index (χ3v) is 2.30. The van der Waals surface area contributed by atoms with Gasteiger partial charge in [-0.1, -0.05) is 38.0 Å². The number of unbranched alkanes of at least 4 members (excludes halogenated alkanes) is 2. The van der Waals surface area contributed by atoms with Crippen molar-refractivity contribution >= 4 is 0 Å². The second kappa shape index (κ2) is 4.38. The summed E-state index contributed by atoms with van der Waals surface area (Å²) >= 11 is 0. The Morgan fingerprint density at radius 1 is 1.45 bits per heavy atom. The highest BCUT2D eigenvalue weighted by Gasteiger charge is 2.31. The van der Waals surface area contributed by atoms with E-state index in [1.165, 1.54) is 25.7 Å². The molecule has 1 aliphatic carbocycles. The zero-order chi connectivity index (χ0) is 8.10. The van der Waals surface area contributed by atoms with Crippen molar-refractivity contribution in [3.05, 3.63) is 24.8 Å². The van der Waals surface area contributed by atoms with Crippen molar-refractivity contribution in [3.8, 4) is 0 Å². The van der Waals surface area contributed by atoms with Gasteiger partial charge in [-0.25, -0.2) is 0 Å². The van der Waals surface area contributed by atoms with Gasteiger partial charge in [-0.05, 0) is 24.7 Å². The van der Waals surface area contributed by atoms with Crippen LogP contribution in [0.3, 0.4) is 0 Å². The van der Waals surface area contributed by atoms with E-state index in [1.807, 2.05) is 0 Å². The second-order valence-electron chi connectivity index (χ2n) is 3.37. The SMILES string of the molecule is C=CC1CC1/C=C\CCCC. The molecule has 11 heavy (non-hydrogen) atoms. The van der Waals surface area contributed by atoms with Crippen LogP contribution in [0.25, 0.3) is 0 Å². The summed E-state index contributed by atoms with van der Waals surface area (Å²) < 4.78 is 0.